The number of benzene rings is 1. The molecule has 0 fully saturated rings. The Morgan fingerprint density at radius 2 is 1.96 bits per heavy atom. The highest BCUT2D eigenvalue weighted by molar-refractivity contribution is 7.73. The van der Waals surface area contributed by atoms with Crippen molar-refractivity contribution in [1.82, 2.24) is 14.1 Å². The molecule has 3 heterocycles. The molecule has 0 radical (unpaired) electrons. The predicted octanol–water partition coefficient (Wildman–Crippen LogP) is 4.42. The highest BCUT2D eigenvalue weighted by Gasteiger charge is 2.14. The van der Waals surface area contributed by atoms with Gasteiger partial charge in [-0.05, 0) is 60.8 Å². The maximum atomic E-state index is 13.1. The van der Waals surface area contributed by atoms with Crippen LogP contribution in [0.5, 0.6) is 0 Å². The first kappa shape index (κ1) is 16.1. The van der Waals surface area contributed by atoms with Gasteiger partial charge in [0.05, 0.1) is 18.5 Å². The zero-order valence-corrected chi connectivity index (χ0v) is 15.0. The fourth-order valence-corrected chi connectivity index (χ4v) is 4.12. The van der Waals surface area contributed by atoms with Gasteiger partial charge in [0.2, 0.25) is 0 Å². The van der Waals surface area contributed by atoms with Crippen LogP contribution in [0.1, 0.15) is 5.76 Å². The number of hydrogen-bond donors (Lipinski definition) is 1. The smallest absolute Gasteiger partial charge is 0.278 e. The Hall–Kier alpha value is -2.36. The van der Waals surface area contributed by atoms with Crippen LogP contribution in [0, 0.1) is 14.5 Å². The molecule has 0 aliphatic carbocycles. The number of furan rings is 1. The van der Waals surface area contributed by atoms with E-state index in [-0.39, 0.29) is 16.1 Å². The summed E-state index contributed by atoms with van der Waals surface area (Å²) in [7, 11) is 0. The number of fused-ring (bicyclic) bond motifs is 1. The molecule has 0 saturated heterocycles. The molecule has 1 aromatic carbocycles. The topological polar surface area (TPSA) is 55.9 Å². The maximum Gasteiger partial charge on any atom is 0.278 e. The van der Waals surface area contributed by atoms with Crippen LogP contribution in [0.4, 0.5) is 4.39 Å². The van der Waals surface area contributed by atoms with Crippen molar-refractivity contribution in [1.29, 1.82) is 0 Å². The number of H-pyrrole nitrogens is 1. The summed E-state index contributed by atoms with van der Waals surface area (Å²) in [5.41, 5.74) is 0.755. The van der Waals surface area contributed by atoms with Crippen molar-refractivity contribution < 1.29 is 8.81 Å². The van der Waals surface area contributed by atoms with E-state index in [1.807, 2.05) is 6.07 Å². The molecule has 3 aromatic heterocycles. The van der Waals surface area contributed by atoms with Crippen LogP contribution >= 0.6 is 35.8 Å². The van der Waals surface area contributed by atoms with Crippen LogP contribution in [0.3, 0.4) is 0 Å². The second-order valence-corrected chi connectivity index (χ2v) is 7.29. The number of aromatic amines is 1. The van der Waals surface area contributed by atoms with Crippen molar-refractivity contribution in [3.63, 3.8) is 0 Å². The summed E-state index contributed by atoms with van der Waals surface area (Å²) in [6, 6.07) is 9.20. The Morgan fingerprint density at radius 3 is 2.64 bits per heavy atom. The molecular formula is C16H10FN3O2S3. The molecule has 0 saturated carbocycles. The minimum absolute atomic E-state index is 0.213. The van der Waals surface area contributed by atoms with Gasteiger partial charge in [0.15, 0.2) is 8.73 Å². The van der Waals surface area contributed by atoms with Crippen LogP contribution in [0.15, 0.2) is 51.9 Å². The number of nitrogens with one attached hydrogen (secondary N) is 1. The third-order valence-corrected chi connectivity index (χ3v) is 5.42. The second kappa shape index (κ2) is 6.17. The van der Waals surface area contributed by atoms with Crippen LogP contribution < -0.4 is 5.56 Å². The van der Waals surface area contributed by atoms with Gasteiger partial charge in [0.25, 0.3) is 5.56 Å². The summed E-state index contributed by atoms with van der Waals surface area (Å²) in [5, 5.41) is 0. The van der Waals surface area contributed by atoms with E-state index in [9.17, 15) is 9.18 Å². The van der Waals surface area contributed by atoms with Crippen molar-refractivity contribution in [3.8, 4) is 5.69 Å². The molecule has 25 heavy (non-hydrogen) atoms. The molecule has 5 nitrogen and oxygen atoms in total. The van der Waals surface area contributed by atoms with E-state index in [1.165, 1.54) is 40.2 Å². The third-order valence-electron chi connectivity index (χ3n) is 3.70. The van der Waals surface area contributed by atoms with Gasteiger partial charge in [-0.2, -0.15) is 0 Å². The lowest BCUT2D eigenvalue weighted by Gasteiger charge is -2.07. The average molecular weight is 391 g/mol. The molecule has 1 N–H and O–H groups in total. The minimum atomic E-state index is -0.381. The molecule has 0 aliphatic heterocycles. The number of rotatable bonds is 3. The summed E-state index contributed by atoms with van der Waals surface area (Å²) in [4.78, 5) is 16.0. The van der Waals surface area contributed by atoms with E-state index in [0.29, 0.717) is 26.5 Å². The van der Waals surface area contributed by atoms with E-state index in [2.05, 4.69) is 4.98 Å². The van der Waals surface area contributed by atoms with Crippen molar-refractivity contribution in [2.75, 3.05) is 0 Å². The summed E-state index contributed by atoms with van der Waals surface area (Å²) in [6.07, 6.45) is 1.58. The zero-order valence-electron chi connectivity index (χ0n) is 12.6. The summed E-state index contributed by atoms with van der Waals surface area (Å²) in [5.74, 6) is 0.339. The number of nitrogens with zero attached hydrogens (tertiary/aromatic N) is 2. The van der Waals surface area contributed by atoms with E-state index < -0.39 is 0 Å². The van der Waals surface area contributed by atoms with E-state index in [4.69, 9.17) is 28.9 Å². The first-order valence-electron chi connectivity index (χ1n) is 7.21. The lowest BCUT2D eigenvalue weighted by molar-refractivity contribution is 0.495. The Kier molecular flexibility index (Phi) is 3.98. The number of halogens is 1. The second-order valence-electron chi connectivity index (χ2n) is 5.26. The van der Waals surface area contributed by atoms with E-state index >= 15 is 0 Å². The van der Waals surface area contributed by atoms with Crippen molar-refractivity contribution in [2.45, 2.75) is 6.54 Å². The number of thiazole rings is 1. The predicted molar refractivity (Wildman–Crippen MR) is 99.2 cm³/mol. The largest absolute Gasteiger partial charge is 0.467 e. The first-order valence-corrected chi connectivity index (χ1v) is 8.85. The van der Waals surface area contributed by atoms with Crippen LogP contribution in [0.25, 0.3) is 16.0 Å². The number of hydrogen-bond acceptors (Lipinski definition) is 5. The first-order chi connectivity index (χ1) is 12.0. The van der Waals surface area contributed by atoms with E-state index in [0.717, 1.165) is 5.76 Å². The van der Waals surface area contributed by atoms with Crippen LogP contribution in [0.2, 0.25) is 0 Å². The van der Waals surface area contributed by atoms with Gasteiger partial charge in [0.1, 0.15) is 21.9 Å². The third kappa shape index (κ3) is 2.80. The van der Waals surface area contributed by atoms with Gasteiger partial charge < -0.3 is 14.0 Å². The van der Waals surface area contributed by atoms with Crippen LogP contribution in [-0.2, 0) is 6.54 Å². The fourth-order valence-electron chi connectivity index (χ4n) is 2.55. The van der Waals surface area contributed by atoms with Gasteiger partial charge >= 0.3 is 0 Å². The molecule has 0 unspecified atom stereocenters. The van der Waals surface area contributed by atoms with Crippen molar-refractivity contribution in [3.05, 3.63) is 73.3 Å². The molecule has 9 heteroatoms. The van der Waals surface area contributed by atoms with Gasteiger partial charge in [-0.25, -0.2) is 4.39 Å². The molecule has 0 amide bonds. The highest BCUT2D eigenvalue weighted by Crippen LogP contribution is 2.21. The van der Waals surface area contributed by atoms with Gasteiger partial charge in [-0.1, -0.05) is 11.3 Å². The Morgan fingerprint density at radius 1 is 1.20 bits per heavy atom. The molecule has 126 valence electrons. The van der Waals surface area contributed by atoms with E-state index in [1.54, 1.807) is 16.9 Å². The molecule has 4 rings (SSSR count). The zero-order chi connectivity index (χ0) is 17.6. The quantitative estimate of drug-likeness (QED) is 0.525. The maximum absolute atomic E-state index is 13.1. The standard InChI is InChI=1S/C16H10FN3O2S3/c17-9-3-5-10(6-4-9)20-14(21)12-13(18-15(20)23)19(16(24)25-12)8-11-2-1-7-22-11/h1-7H,8H2,(H,18,23). The summed E-state index contributed by atoms with van der Waals surface area (Å²) >= 11 is 11.9. The average Bonchev–Trinajstić information content (AvgIpc) is 3.20. The highest BCUT2D eigenvalue weighted by atomic mass is 32.1. The summed E-state index contributed by atoms with van der Waals surface area (Å²) in [6.45, 7) is 0.400. The normalized spacial score (nSPS) is 11.2. The minimum Gasteiger partial charge on any atom is -0.467 e. The van der Waals surface area contributed by atoms with Crippen molar-refractivity contribution in [2.24, 2.45) is 0 Å². The molecule has 4 aromatic rings. The SMILES string of the molecule is O=c1c2sc(=S)n(Cc3ccco3)c2[nH]c(=S)n1-c1ccc(F)cc1. The van der Waals surface area contributed by atoms with Gasteiger partial charge in [0, 0.05) is 0 Å². The Bertz CT molecular complexity index is 1230. The molecule has 0 atom stereocenters. The summed E-state index contributed by atoms with van der Waals surface area (Å²) < 4.78 is 22.8. The molecular weight excluding hydrogens is 381 g/mol. The van der Waals surface area contributed by atoms with Gasteiger partial charge in [-0.3, -0.25) is 9.36 Å². The van der Waals surface area contributed by atoms with Crippen LogP contribution in [-0.4, -0.2) is 14.1 Å². The number of aromatic nitrogens is 3. The lowest BCUT2D eigenvalue weighted by Crippen LogP contribution is -2.20. The Labute approximate surface area is 154 Å². The van der Waals surface area contributed by atoms with Crippen molar-refractivity contribution >= 4 is 46.1 Å². The lowest BCUT2D eigenvalue weighted by atomic mass is 10.3. The molecule has 0 aliphatic rings. The van der Waals surface area contributed by atoms with Gasteiger partial charge in [-0.15, -0.1) is 0 Å². The Balaban J connectivity index is 1.95. The molecule has 0 spiro atoms. The monoisotopic (exact) mass is 391 g/mol. The fraction of sp³-hybridized carbons (Fsp3) is 0.0625. The molecule has 0 bridgehead atoms.